The number of hydrogen-bond donors (Lipinski definition) is 1. The molecule has 3 rings (SSSR count). The highest BCUT2D eigenvalue weighted by Gasteiger charge is 2.24. The molecule has 0 unspecified atom stereocenters. The minimum absolute atomic E-state index is 0.237. The summed E-state index contributed by atoms with van der Waals surface area (Å²) in [5.74, 6) is -1.37. The van der Waals surface area contributed by atoms with Crippen LogP contribution in [0.3, 0.4) is 0 Å². The second kappa shape index (κ2) is 9.03. The van der Waals surface area contributed by atoms with Crippen molar-refractivity contribution in [3.05, 3.63) is 81.5 Å². The Morgan fingerprint density at radius 3 is 2.48 bits per heavy atom. The van der Waals surface area contributed by atoms with Crippen LogP contribution in [-0.2, 0) is 9.53 Å². The second-order valence-corrected chi connectivity index (χ2v) is 7.71. The molecule has 1 aromatic heterocycles. The van der Waals surface area contributed by atoms with Crippen LogP contribution in [0.25, 0.3) is 17.2 Å². The Labute approximate surface area is 176 Å². The van der Waals surface area contributed by atoms with E-state index >= 15 is 0 Å². The molecule has 4 nitrogen and oxygen atoms in total. The van der Waals surface area contributed by atoms with Gasteiger partial charge in [0, 0.05) is 21.5 Å². The van der Waals surface area contributed by atoms with E-state index in [0.717, 1.165) is 4.88 Å². The molecule has 148 valence electrons. The van der Waals surface area contributed by atoms with E-state index in [0.29, 0.717) is 26.7 Å². The number of hydrogen-bond acceptors (Lipinski definition) is 4. The average Bonchev–Trinajstić information content (AvgIpc) is 3.03. The van der Waals surface area contributed by atoms with Crippen LogP contribution in [-0.4, -0.2) is 19.0 Å². The number of ether oxygens (including phenoxy) is 1. The van der Waals surface area contributed by atoms with Gasteiger partial charge < -0.3 is 10.1 Å². The maximum absolute atomic E-state index is 13.3. The first kappa shape index (κ1) is 20.8. The number of amides is 1. The van der Waals surface area contributed by atoms with E-state index in [9.17, 15) is 14.0 Å². The molecule has 3 aromatic rings. The summed E-state index contributed by atoms with van der Waals surface area (Å²) in [4.78, 5) is 25.7. The van der Waals surface area contributed by atoms with Crippen LogP contribution in [0.4, 0.5) is 9.39 Å². The molecule has 0 aliphatic carbocycles. The first-order chi connectivity index (χ1) is 13.9. The van der Waals surface area contributed by atoms with Crippen molar-refractivity contribution in [2.75, 3.05) is 12.4 Å². The highest BCUT2D eigenvalue weighted by Crippen LogP contribution is 2.40. The van der Waals surface area contributed by atoms with Gasteiger partial charge in [0.05, 0.1) is 7.11 Å². The van der Waals surface area contributed by atoms with E-state index < -0.39 is 11.9 Å². The smallest absolute Gasteiger partial charge is 0.341 e. The number of benzene rings is 2. The molecule has 0 saturated heterocycles. The Morgan fingerprint density at radius 1 is 1.14 bits per heavy atom. The van der Waals surface area contributed by atoms with Crippen molar-refractivity contribution in [1.82, 2.24) is 0 Å². The van der Waals surface area contributed by atoms with Gasteiger partial charge in [-0.1, -0.05) is 41.9 Å². The number of carbonyl (C=O) groups excluding carboxylic acids is 2. The van der Waals surface area contributed by atoms with Gasteiger partial charge in [-0.3, -0.25) is 4.79 Å². The standard InChI is InChI=1S/C22H17ClFNO3S/c1-13-19(15-7-10-16(24)11-8-15)20(22(27)28-2)21(29-13)25-18(26)12-9-14-5-3-4-6-17(14)23/h3-12H,1-2H3,(H,25,26)/b12-9+. The van der Waals surface area contributed by atoms with Crippen LogP contribution in [0, 0.1) is 12.7 Å². The Balaban J connectivity index is 1.94. The number of anilines is 1. The zero-order valence-electron chi connectivity index (χ0n) is 15.7. The summed E-state index contributed by atoms with van der Waals surface area (Å²) in [6.45, 7) is 1.82. The molecule has 7 heteroatoms. The monoisotopic (exact) mass is 429 g/mol. The number of methoxy groups -OCH3 is 1. The van der Waals surface area contributed by atoms with Crippen LogP contribution >= 0.6 is 22.9 Å². The first-order valence-electron chi connectivity index (χ1n) is 8.62. The molecule has 29 heavy (non-hydrogen) atoms. The summed E-state index contributed by atoms with van der Waals surface area (Å²) < 4.78 is 18.2. The maximum Gasteiger partial charge on any atom is 0.341 e. The molecule has 0 aliphatic heterocycles. The second-order valence-electron chi connectivity index (χ2n) is 6.08. The topological polar surface area (TPSA) is 55.4 Å². The number of rotatable bonds is 5. The normalized spacial score (nSPS) is 10.9. The third-order valence-corrected chi connectivity index (χ3v) is 5.53. The number of nitrogens with one attached hydrogen (secondary N) is 1. The third kappa shape index (κ3) is 4.72. The Morgan fingerprint density at radius 2 is 1.83 bits per heavy atom. The maximum atomic E-state index is 13.3. The van der Waals surface area contributed by atoms with E-state index in [2.05, 4.69) is 5.32 Å². The highest BCUT2D eigenvalue weighted by atomic mass is 35.5. The van der Waals surface area contributed by atoms with Crippen molar-refractivity contribution in [2.45, 2.75) is 6.92 Å². The lowest BCUT2D eigenvalue weighted by atomic mass is 10.0. The Kier molecular flexibility index (Phi) is 6.46. The largest absolute Gasteiger partial charge is 0.465 e. The van der Waals surface area contributed by atoms with Crippen molar-refractivity contribution in [3.63, 3.8) is 0 Å². The summed E-state index contributed by atoms with van der Waals surface area (Å²) in [5, 5.41) is 3.62. The van der Waals surface area contributed by atoms with Gasteiger partial charge in [-0.2, -0.15) is 0 Å². The predicted molar refractivity (Wildman–Crippen MR) is 115 cm³/mol. The molecular weight excluding hydrogens is 413 g/mol. The minimum atomic E-state index is -0.584. The van der Waals surface area contributed by atoms with Gasteiger partial charge in [0.1, 0.15) is 16.4 Å². The molecule has 0 saturated carbocycles. The molecule has 0 aliphatic rings. The first-order valence-corrected chi connectivity index (χ1v) is 9.81. The number of halogens is 2. The fourth-order valence-corrected chi connectivity index (χ4v) is 4.09. The lowest BCUT2D eigenvalue weighted by molar-refractivity contribution is -0.111. The fourth-order valence-electron chi connectivity index (χ4n) is 2.82. The van der Waals surface area contributed by atoms with Crippen LogP contribution in [0.15, 0.2) is 54.6 Å². The SMILES string of the molecule is COC(=O)c1c(NC(=O)/C=C/c2ccccc2Cl)sc(C)c1-c1ccc(F)cc1. The Hall–Kier alpha value is -2.96. The van der Waals surface area contributed by atoms with Gasteiger partial charge in [-0.25, -0.2) is 9.18 Å². The van der Waals surface area contributed by atoms with Crippen LogP contribution in [0.5, 0.6) is 0 Å². The molecule has 1 amide bonds. The molecule has 1 heterocycles. The molecular formula is C22H17ClFNO3S. The summed E-state index contributed by atoms with van der Waals surface area (Å²) in [6, 6.07) is 12.9. The third-order valence-electron chi connectivity index (χ3n) is 4.16. The van der Waals surface area contributed by atoms with E-state index in [-0.39, 0.29) is 11.4 Å². The summed E-state index contributed by atoms with van der Waals surface area (Å²) in [6.07, 6.45) is 2.94. The summed E-state index contributed by atoms with van der Waals surface area (Å²) in [5.41, 5.74) is 2.20. The van der Waals surface area contributed by atoms with Crippen molar-refractivity contribution < 1.29 is 18.7 Å². The number of thiophene rings is 1. The van der Waals surface area contributed by atoms with Crippen molar-refractivity contribution in [1.29, 1.82) is 0 Å². The molecule has 1 N–H and O–H groups in total. The predicted octanol–water partition coefficient (Wildman–Crippen LogP) is 5.95. The molecule has 0 atom stereocenters. The van der Waals surface area contributed by atoms with Crippen molar-refractivity contribution >= 4 is 45.9 Å². The molecule has 0 fully saturated rings. The van der Waals surface area contributed by atoms with Gasteiger partial charge in [0.2, 0.25) is 5.91 Å². The van der Waals surface area contributed by atoms with Crippen molar-refractivity contribution in [3.8, 4) is 11.1 Å². The quantitative estimate of drug-likeness (QED) is 0.402. The molecule has 0 radical (unpaired) electrons. The lowest BCUT2D eigenvalue weighted by Crippen LogP contribution is -2.11. The zero-order valence-corrected chi connectivity index (χ0v) is 17.2. The van der Waals surface area contributed by atoms with E-state index in [1.807, 2.05) is 13.0 Å². The van der Waals surface area contributed by atoms with Gasteiger partial charge in [0.15, 0.2) is 0 Å². The van der Waals surface area contributed by atoms with Gasteiger partial charge in [-0.05, 0) is 42.3 Å². The average molecular weight is 430 g/mol. The molecule has 2 aromatic carbocycles. The van der Waals surface area contributed by atoms with E-state index in [1.165, 1.54) is 36.7 Å². The fraction of sp³-hybridized carbons (Fsp3) is 0.0909. The number of carbonyl (C=O) groups is 2. The minimum Gasteiger partial charge on any atom is -0.465 e. The van der Waals surface area contributed by atoms with Gasteiger partial charge in [-0.15, -0.1) is 11.3 Å². The van der Waals surface area contributed by atoms with Gasteiger partial charge >= 0.3 is 5.97 Å². The summed E-state index contributed by atoms with van der Waals surface area (Å²) >= 11 is 7.34. The van der Waals surface area contributed by atoms with Gasteiger partial charge in [0.25, 0.3) is 0 Å². The van der Waals surface area contributed by atoms with Crippen LogP contribution in [0.1, 0.15) is 20.8 Å². The van der Waals surface area contributed by atoms with E-state index in [1.54, 1.807) is 36.4 Å². The van der Waals surface area contributed by atoms with Crippen LogP contribution < -0.4 is 5.32 Å². The van der Waals surface area contributed by atoms with E-state index in [4.69, 9.17) is 16.3 Å². The highest BCUT2D eigenvalue weighted by molar-refractivity contribution is 7.17. The van der Waals surface area contributed by atoms with Crippen molar-refractivity contribution in [2.24, 2.45) is 0 Å². The summed E-state index contributed by atoms with van der Waals surface area (Å²) in [7, 11) is 1.27. The Bertz CT molecular complexity index is 1090. The number of aryl methyl sites for hydroxylation is 1. The molecule has 0 bridgehead atoms. The zero-order chi connectivity index (χ0) is 21.0. The lowest BCUT2D eigenvalue weighted by Gasteiger charge is -2.07. The molecule has 0 spiro atoms. The van der Waals surface area contributed by atoms with Crippen LogP contribution in [0.2, 0.25) is 5.02 Å². The number of esters is 1.